The smallest absolute Gasteiger partial charge is 0.481 e. The van der Waals surface area contributed by atoms with Gasteiger partial charge in [0, 0.05) is 37.8 Å². The number of carbonyl (C=O) groups excluding carboxylic acids is 2. The molecule has 6 N–H and O–H groups in total. The van der Waals surface area contributed by atoms with Crippen molar-refractivity contribution in [3.63, 3.8) is 0 Å². The van der Waals surface area contributed by atoms with E-state index in [9.17, 15) is 14.4 Å². The number of carboxylic acids is 1. The van der Waals surface area contributed by atoms with E-state index in [0.717, 1.165) is 43.9 Å². The van der Waals surface area contributed by atoms with Gasteiger partial charge >= 0.3 is 47.5 Å². The number of thioether (sulfide) groups is 2. The van der Waals surface area contributed by atoms with Gasteiger partial charge in [-0.2, -0.15) is 23.5 Å². The first-order valence-electron chi connectivity index (χ1n) is 17.9. The van der Waals surface area contributed by atoms with E-state index in [-0.39, 0.29) is 54.7 Å². The number of alkyl halides is 1. The molecule has 52 heavy (non-hydrogen) atoms. The Balaban J connectivity index is -0.0000000996. The second-order valence-electron chi connectivity index (χ2n) is 9.68. The molecule has 0 spiro atoms. The molecule has 15 nitrogen and oxygen atoms in total. The molecule has 0 atom stereocenters. The van der Waals surface area contributed by atoms with Crippen LogP contribution in [0.3, 0.4) is 0 Å². The average Bonchev–Trinajstić information content (AvgIpc) is 3.09. The quantitative estimate of drug-likeness (QED) is 0.0123. The van der Waals surface area contributed by atoms with Crippen LogP contribution in [0, 0.1) is 0 Å². The van der Waals surface area contributed by atoms with Gasteiger partial charge in [-0.25, -0.2) is 10.4 Å². The number of aliphatic carboxylic acids is 1. The number of unbranched alkanes of at least 4 members (excludes halogenated alkanes) is 9. The number of hydrogen-bond acceptors (Lipinski definition) is 12. The van der Waals surface area contributed by atoms with Crippen molar-refractivity contribution in [1.29, 1.82) is 0 Å². The number of nitrogens with zero attached hydrogens (tertiary/aromatic N) is 5. The van der Waals surface area contributed by atoms with Crippen LogP contribution in [0.2, 0.25) is 0 Å². The number of halogens is 1. The van der Waals surface area contributed by atoms with Gasteiger partial charge in [0.05, 0.1) is 13.2 Å². The van der Waals surface area contributed by atoms with Gasteiger partial charge in [0.2, 0.25) is 0 Å². The Morgan fingerprint density at radius 3 is 1.33 bits per heavy atom. The van der Waals surface area contributed by atoms with Gasteiger partial charge < -0.3 is 35.8 Å². The van der Waals surface area contributed by atoms with Crippen LogP contribution in [0.5, 0.6) is 0 Å². The molecule has 19 heteroatoms. The monoisotopic (exact) mass is 862 g/mol. The largest absolute Gasteiger partial charge is 1.00 e. The molecule has 0 aromatic heterocycles. The van der Waals surface area contributed by atoms with Crippen molar-refractivity contribution in [2.75, 3.05) is 54.8 Å². The van der Waals surface area contributed by atoms with Crippen LogP contribution in [0.1, 0.15) is 138 Å². The van der Waals surface area contributed by atoms with Gasteiger partial charge in [-0.05, 0) is 89.2 Å². The Morgan fingerprint density at radius 2 is 1.02 bits per heavy atom. The SMILES string of the molecule is CCO.CCO.CCOC(=O)CCCCCCBr.CCOC(=O)CCCCCCSCC.CCSCCCCCCC(=O)O.N/N=N/N=N/[N-]O.[Na+]. The molecule has 0 rings (SSSR count). The van der Waals surface area contributed by atoms with Crippen molar-refractivity contribution < 1.29 is 73.9 Å². The van der Waals surface area contributed by atoms with E-state index in [1.165, 1.54) is 61.5 Å². The molecule has 0 fully saturated rings. The van der Waals surface area contributed by atoms with Gasteiger partial charge in [-0.1, -0.05) is 73.5 Å². The summed E-state index contributed by atoms with van der Waals surface area (Å²) in [5.41, 5.74) is 2.22. The maximum Gasteiger partial charge on any atom is 1.00 e. The van der Waals surface area contributed by atoms with Crippen molar-refractivity contribution in [1.82, 2.24) is 0 Å². The van der Waals surface area contributed by atoms with Gasteiger partial charge in [0.25, 0.3) is 0 Å². The predicted molar refractivity (Wildman–Crippen MR) is 215 cm³/mol. The number of rotatable bonds is 26. The molecule has 0 aromatic rings. The molecule has 0 bridgehead atoms. The molecule has 0 aliphatic rings. The molecule has 0 radical (unpaired) electrons. The van der Waals surface area contributed by atoms with Crippen molar-refractivity contribution in [2.45, 2.75) is 138 Å². The summed E-state index contributed by atoms with van der Waals surface area (Å²) in [6.07, 6.45) is 15.0. The summed E-state index contributed by atoms with van der Waals surface area (Å²) in [4.78, 5) is 31.9. The number of ether oxygens (including phenoxy) is 2. The molecule has 0 heterocycles. The molecule has 0 unspecified atom stereocenters. The minimum absolute atomic E-state index is 0. The van der Waals surface area contributed by atoms with Crippen LogP contribution in [0.25, 0.3) is 5.59 Å². The Labute approximate surface area is 354 Å². The van der Waals surface area contributed by atoms with Crippen molar-refractivity contribution in [3.8, 4) is 0 Å². The zero-order valence-electron chi connectivity index (χ0n) is 33.3. The van der Waals surface area contributed by atoms with Gasteiger partial charge in [0.15, 0.2) is 0 Å². The zero-order chi connectivity index (χ0) is 40.1. The summed E-state index contributed by atoms with van der Waals surface area (Å²) < 4.78 is 9.64. The van der Waals surface area contributed by atoms with Crippen LogP contribution in [-0.4, -0.2) is 93.2 Å². The zero-order valence-corrected chi connectivity index (χ0v) is 38.5. The third-order valence-corrected chi connectivity index (χ3v) is 7.84. The fourth-order valence-corrected chi connectivity index (χ4v) is 4.98. The molecule has 0 aromatic carbocycles. The maximum atomic E-state index is 11.0. The summed E-state index contributed by atoms with van der Waals surface area (Å²) in [6.45, 7) is 12.9. The molecule has 308 valence electrons. The average molecular weight is 864 g/mol. The Bertz CT molecular complexity index is 727. The minimum Gasteiger partial charge on any atom is -0.481 e. The van der Waals surface area contributed by atoms with E-state index in [1.54, 1.807) is 13.8 Å². The Hall–Kier alpha value is -0.730. The topological polar surface area (TPSA) is 240 Å². The van der Waals surface area contributed by atoms with Crippen LogP contribution in [0.15, 0.2) is 20.9 Å². The van der Waals surface area contributed by atoms with Gasteiger partial charge in [-0.15, -0.1) is 5.22 Å². The first-order chi connectivity index (χ1) is 24.6. The molecule has 0 aliphatic heterocycles. The Kier molecular flexibility index (Phi) is 91.1. The summed E-state index contributed by atoms with van der Waals surface area (Å²) in [5.74, 6) is 8.56. The van der Waals surface area contributed by atoms with Crippen LogP contribution in [0.4, 0.5) is 0 Å². The third-order valence-electron chi connectivity index (χ3n) is 5.30. The first-order valence-corrected chi connectivity index (χ1v) is 21.4. The molecule has 0 saturated heterocycles. The molecule has 0 saturated carbocycles. The predicted octanol–water partition coefficient (Wildman–Crippen LogP) is 6.28. The number of carbonyl (C=O) groups is 3. The number of esters is 2. The first kappa shape index (κ1) is 66.1. The Morgan fingerprint density at radius 1 is 0.654 bits per heavy atom. The van der Waals surface area contributed by atoms with E-state index in [1.807, 2.05) is 37.4 Å². The summed E-state index contributed by atoms with van der Waals surface area (Å²) in [5, 5.41) is 42.9. The molecule has 0 amide bonds. The second-order valence-corrected chi connectivity index (χ2v) is 13.3. The fourth-order valence-electron chi connectivity index (χ4n) is 3.19. The number of aliphatic hydroxyl groups is 2. The van der Waals surface area contributed by atoms with Crippen molar-refractivity contribution in [2.24, 2.45) is 26.7 Å². The number of carboxylic acid groups (broad SMARTS) is 1. The summed E-state index contributed by atoms with van der Waals surface area (Å²) in [6, 6.07) is 0. The third kappa shape index (κ3) is 97.7. The van der Waals surface area contributed by atoms with Crippen molar-refractivity contribution >= 4 is 57.4 Å². The summed E-state index contributed by atoms with van der Waals surface area (Å²) in [7, 11) is 0. The maximum absolute atomic E-state index is 11.0. The van der Waals surface area contributed by atoms with E-state index < -0.39 is 5.97 Å². The van der Waals surface area contributed by atoms with Gasteiger partial charge in [-0.3, -0.25) is 20.0 Å². The molecular formula is C33H72BrN6NaO9S2. The van der Waals surface area contributed by atoms with E-state index >= 15 is 0 Å². The van der Waals surface area contributed by atoms with E-state index in [2.05, 4.69) is 62.1 Å². The normalized spacial score (nSPS) is 9.50. The number of nitrogens with two attached hydrogens (primary N) is 1. The summed E-state index contributed by atoms with van der Waals surface area (Å²) >= 11 is 7.31. The number of aliphatic hydroxyl groups excluding tert-OH is 2. The minimum atomic E-state index is -0.669. The van der Waals surface area contributed by atoms with Crippen LogP contribution in [-0.2, 0) is 23.9 Å². The van der Waals surface area contributed by atoms with Crippen LogP contribution >= 0.6 is 39.5 Å². The van der Waals surface area contributed by atoms with Crippen LogP contribution < -0.4 is 35.4 Å². The van der Waals surface area contributed by atoms with Gasteiger partial charge in [0.1, 0.15) is 0 Å². The standard InChI is InChI=1S/C11H22O2S.C9H17BrO2.C9H18O2S.2C2H6O.H3N6O.Na/c1-3-13-11(12)9-7-5-6-8-10-14-4-2;1-2-12-9(11)7-5-3-4-6-8-10;1-2-12-8-6-4-3-5-7-9(10)11;2*1-2-3;1-2-3-4-5-6-7;/h3-10H2,1-2H3;2-8H2,1H3;2-8H2,1H3,(H,10,11);2*3H,2H2,1H3;(H3-,1,2,3,4,5,6,7);/q;;;;;-1;+1. The molecule has 0 aliphatic carbocycles. The van der Waals surface area contributed by atoms with E-state index in [0.29, 0.717) is 32.5 Å². The van der Waals surface area contributed by atoms with E-state index in [4.69, 9.17) is 30.0 Å². The number of hydrogen-bond donors (Lipinski definition) is 5. The van der Waals surface area contributed by atoms with Crippen molar-refractivity contribution in [3.05, 3.63) is 5.59 Å². The molecular weight excluding hydrogens is 791 g/mol. The fraction of sp³-hybridized carbons (Fsp3) is 0.909. The second kappa shape index (κ2) is 71.6.